The largest absolute Gasteiger partial charge is 0.310 e. The fourth-order valence-electron chi connectivity index (χ4n) is 7.44. The van der Waals surface area contributed by atoms with Crippen LogP contribution in [0.1, 0.15) is 22.3 Å². The molecular weight excluding hydrogens is 653 g/mol. The van der Waals surface area contributed by atoms with Crippen LogP contribution in [0.15, 0.2) is 194 Å². The lowest BCUT2D eigenvalue weighted by Crippen LogP contribution is -2.13. The molecular formula is C52H44N2. The minimum absolute atomic E-state index is 1.13. The van der Waals surface area contributed by atoms with E-state index >= 15 is 0 Å². The quantitative estimate of drug-likeness (QED) is 0.148. The first kappa shape index (κ1) is 34.4. The van der Waals surface area contributed by atoms with E-state index in [4.69, 9.17) is 0 Å². The lowest BCUT2D eigenvalue weighted by molar-refractivity contribution is 1.24. The highest BCUT2D eigenvalue weighted by Crippen LogP contribution is 2.45. The molecule has 54 heavy (non-hydrogen) atoms. The van der Waals surface area contributed by atoms with E-state index in [-0.39, 0.29) is 0 Å². The van der Waals surface area contributed by atoms with Crippen LogP contribution in [0.4, 0.5) is 34.1 Å². The van der Waals surface area contributed by atoms with Gasteiger partial charge in [0.15, 0.2) is 0 Å². The molecule has 8 aromatic rings. The van der Waals surface area contributed by atoms with Crippen molar-refractivity contribution >= 4 is 34.1 Å². The zero-order valence-corrected chi connectivity index (χ0v) is 31.4. The summed E-state index contributed by atoms with van der Waals surface area (Å²) in [5.74, 6) is 0. The van der Waals surface area contributed by atoms with Crippen LogP contribution in [0.5, 0.6) is 0 Å². The molecule has 0 fully saturated rings. The molecule has 2 heteroatoms. The summed E-state index contributed by atoms with van der Waals surface area (Å²) >= 11 is 0. The molecule has 0 atom stereocenters. The van der Waals surface area contributed by atoms with Gasteiger partial charge in [-0.2, -0.15) is 0 Å². The van der Waals surface area contributed by atoms with Gasteiger partial charge in [-0.1, -0.05) is 145 Å². The van der Waals surface area contributed by atoms with E-state index in [1.54, 1.807) is 0 Å². The second-order valence-corrected chi connectivity index (χ2v) is 14.1. The molecule has 262 valence electrons. The van der Waals surface area contributed by atoms with Gasteiger partial charge in [0.05, 0.1) is 11.4 Å². The van der Waals surface area contributed by atoms with Crippen LogP contribution in [0.25, 0.3) is 33.4 Å². The van der Waals surface area contributed by atoms with Gasteiger partial charge in [-0.05, 0) is 122 Å². The van der Waals surface area contributed by atoms with Crippen LogP contribution < -0.4 is 9.80 Å². The third kappa shape index (κ3) is 6.95. The van der Waals surface area contributed by atoms with Gasteiger partial charge in [-0.15, -0.1) is 0 Å². The van der Waals surface area contributed by atoms with Crippen LogP contribution in [-0.2, 0) is 0 Å². The third-order valence-corrected chi connectivity index (χ3v) is 10.3. The van der Waals surface area contributed by atoms with Gasteiger partial charge in [-0.25, -0.2) is 0 Å². The Hall–Kier alpha value is -6.64. The van der Waals surface area contributed by atoms with Crippen LogP contribution in [0, 0.1) is 27.7 Å². The van der Waals surface area contributed by atoms with E-state index < -0.39 is 0 Å². The first-order valence-corrected chi connectivity index (χ1v) is 18.7. The maximum Gasteiger partial charge on any atom is 0.0540 e. The van der Waals surface area contributed by atoms with Gasteiger partial charge in [-0.3, -0.25) is 0 Å². The number of rotatable bonds is 9. The molecule has 0 aromatic heterocycles. The summed E-state index contributed by atoms with van der Waals surface area (Å²) in [6, 6.07) is 70.2. The van der Waals surface area contributed by atoms with E-state index in [0.29, 0.717) is 0 Å². The average molecular weight is 697 g/mol. The van der Waals surface area contributed by atoms with Gasteiger partial charge in [0.25, 0.3) is 0 Å². The van der Waals surface area contributed by atoms with E-state index in [9.17, 15) is 0 Å². The summed E-state index contributed by atoms with van der Waals surface area (Å²) in [7, 11) is 0. The van der Waals surface area contributed by atoms with E-state index in [1.807, 2.05) is 0 Å². The summed E-state index contributed by atoms with van der Waals surface area (Å²) in [6.45, 7) is 8.74. The molecule has 0 bridgehead atoms. The molecule has 0 aliphatic rings. The summed E-state index contributed by atoms with van der Waals surface area (Å²) in [5.41, 5.74) is 18.9. The van der Waals surface area contributed by atoms with Crippen LogP contribution in [0.3, 0.4) is 0 Å². The lowest BCUT2D eigenvalue weighted by atomic mass is 9.97. The summed E-state index contributed by atoms with van der Waals surface area (Å²) in [6.07, 6.45) is 0. The van der Waals surface area contributed by atoms with E-state index in [1.165, 1.54) is 55.6 Å². The van der Waals surface area contributed by atoms with E-state index in [2.05, 4.69) is 232 Å². The maximum absolute atomic E-state index is 2.40. The first-order chi connectivity index (χ1) is 26.4. The summed E-state index contributed by atoms with van der Waals surface area (Å²) < 4.78 is 0. The minimum atomic E-state index is 1.13. The molecule has 0 heterocycles. The Balaban J connectivity index is 1.20. The van der Waals surface area contributed by atoms with Gasteiger partial charge in [0.2, 0.25) is 0 Å². The first-order valence-electron chi connectivity index (χ1n) is 18.7. The van der Waals surface area contributed by atoms with Gasteiger partial charge in [0.1, 0.15) is 0 Å². The van der Waals surface area contributed by atoms with Crippen LogP contribution in [0.2, 0.25) is 0 Å². The second kappa shape index (κ2) is 15.1. The lowest BCUT2D eigenvalue weighted by Gasteiger charge is -2.30. The number of hydrogen-bond acceptors (Lipinski definition) is 2. The van der Waals surface area contributed by atoms with Gasteiger partial charge in [0, 0.05) is 33.9 Å². The van der Waals surface area contributed by atoms with Crippen molar-refractivity contribution in [3.8, 4) is 33.4 Å². The topological polar surface area (TPSA) is 6.48 Å². The van der Waals surface area contributed by atoms with Crippen molar-refractivity contribution in [1.29, 1.82) is 0 Å². The summed E-state index contributed by atoms with van der Waals surface area (Å²) in [5, 5.41) is 0. The fourth-order valence-corrected chi connectivity index (χ4v) is 7.44. The Morgan fingerprint density at radius 2 is 0.630 bits per heavy atom. The number of hydrogen-bond donors (Lipinski definition) is 0. The standard InChI is InChI=1S/C52H44N2/c1-37-23-29-45(30-24-37)53(51-21-13-11-19-47(51)41-15-7-5-8-16-41)49-33-27-43(35-39(49)3)44-28-34-50(40(4)36-44)54(46-31-25-38(2)26-32-46)52-22-14-12-20-48(52)42-17-9-6-10-18-42/h5-36H,1-4H3. The van der Waals surface area contributed by atoms with Crippen molar-refractivity contribution in [3.63, 3.8) is 0 Å². The average Bonchev–Trinajstić information content (AvgIpc) is 3.21. The number of anilines is 6. The molecule has 8 aromatic carbocycles. The molecule has 2 nitrogen and oxygen atoms in total. The summed E-state index contributed by atoms with van der Waals surface area (Å²) in [4.78, 5) is 4.80. The molecule has 0 unspecified atom stereocenters. The highest BCUT2D eigenvalue weighted by Gasteiger charge is 2.21. The monoisotopic (exact) mass is 696 g/mol. The zero-order valence-electron chi connectivity index (χ0n) is 31.4. The van der Waals surface area contributed by atoms with Crippen molar-refractivity contribution in [2.45, 2.75) is 27.7 Å². The molecule has 8 rings (SSSR count). The third-order valence-electron chi connectivity index (χ3n) is 10.3. The van der Waals surface area contributed by atoms with Crippen molar-refractivity contribution in [3.05, 3.63) is 216 Å². The van der Waals surface area contributed by atoms with Crippen molar-refractivity contribution in [2.24, 2.45) is 0 Å². The molecule has 0 saturated carbocycles. The Labute approximate surface area is 320 Å². The normalized spacial score (nSPS) is 11.0. The smallest absolute Gasteiger partial charge is 0.0540 e. The molecule has 0 saturated heterocycles. The molecule has 0 N–H and O–H groups in total. The Morgan fingerprint density at radius 3 is 1.00 bits per heavy atom. The molecule has 0 spiro atoms. The molecule has 0 radical (unpaired) electrons. The molecule has 0 aliphatic heterocycles. The number of nitrogens with zero attached hydrogens (tertiary/aromatic N) is 2. The zero-order chi connectivity index (χ0) is 37.0. The van der Waals surface area contributed by atoms with Crippen LogP contribution >= 0.6 is 0 Å². The van der Waals surface area contributed by atoms with Crippen molar-refractivity contribution in [1.82, 2.24) is 0 Å². The second-order valence-electron chi connectivity index (χ2n) is 14.1. The Morgan fingerprint density at radius 1 is 0.278 bits per heavy atom. The van der Waals surface area contributed by atoms with Crippen molar-refractivity contribution < 1.29 is 0 Å². The molecule has 0 amide bonds. The highest BCUT2D eigenvalue weighted by molar-refractivity contribution is 5.91. The Kier molecular flexibility index (Phi) is 9.66. The van der Waals surface area contributed by atoms with Crippen molar-refractivity contribution in [2.75, 3.05) is 9.80 Å². The van der Waals surface area contributed by atoms with E-state index in [0.717, 1.165) is 34.1 Å². The molecule has 0 aliphatic carbocycles. The van der Waals surface area contributed by atoms with Crippen LogP contribution in [-0.4, -0.2) is 0 Å². The fraction of sp³-hybridized carbons (Fsp3) is 0.0769. The predicted octanol–water partition coefficient (Wildman–Crippen LogP) is 14.9. The highest BCUT2D eigenvalue weighted by atomic mass is 15.2. The Bertz CT molecular complexity index is 2340. The predicted molar refractivity (Wildman–Crippen MR) is 231 cm³/mol. The minimum Gasteiger partial charge on any atom is -0.310 e. The van der Waals surface area contributed by atoms with Gasteiger partial charge >= 0.3 is 0 Å². The number of para-hydroxylation sites is 2. The SMILES string of the molecule is Cc1ccc(N(c2ccc(-c3ccc(N(c4ccc(C)cc4)c4ccccc4-c4ccccc4)c(C)c3)cc2C)c2ccccc2-c2ccccc2)cc1. The maximum atomic E-state index is 2.40. The number of aryl methyl sites for hydroxylation is 4. The number of benzene rings is 8. The van der Waals surface area contributed by atoms with Gasteiger partial charge < -0.3 is 9.80 Å².